The predicted molar refractivity (Wildman–Crippen MR) is 57.1 cm³/mol. The van der Waals surface area contributed by atoms with Crippen LogP contribution in [0.4, 0.5) is 0 Å². The molecular weight excluding hydrogens is 192 g/mol. The normalized spacial score (nSPS) is 25.5. The van der Waals surface area contributed by atoms with E-state index < -0.39 is 5.54 Å². The molecule has 0 aromatic rings. The molecule has 0 heterocycles. The summed E-state index contributed by atoms with van der Waals surface area (Å²) in [6.45, 7) is 0.898. The Morgan fingerprint density at radius 2 is 2.00 bits per heavy atom. The van der Waals surface area contributed by atoms with Gasteiger partial charge in [-0.3, -0.25) is 4.79 Å². The molecule has 4 N–H and O–H groups in total. The highest BCUT2D eigenvalue weighted by atomic mass is 16.3. The van der Waals surface area contributed by atoms with Crippen LogP contribution in [0.15, 0.2) is 0 Å². The van der Waals surface area contributed by atoms with Crippen LogP contribution < -0.4 is 11.1 Å². The van der Waals surface area contributed by atoms with E-state index in [1.54, 1.807) is 0 Å². The van der Waals surface area contributed by atoms with E-state index in [0.29, 0.717) is 6.54 Å². The van der Waals surface area contributed by atoms with Crippen LogP contribution in [-0.2, 0) is 4.79 Å². The minimum Gasteiger partial charge on any atom is -0.396 e. The molecule has 86 valence electrons. The highest BCUT2D eigenvalue weighted by molar-refractivity contribution is 5.87. The van der Waals surface area contributed by atoms with Gasteiger partial charge < -0.3 is 16.2 Å². The molecule has 0 radical (unpaired) electrons. The van der Waals surface area contributed by atoms with Gasteiger partial charge in [0.2, 0.25) is 5.91 Å². The predicted octanol–water partition coefficient (Wildman–Crippen LogP) is 0.147. The van der Waals surface area contributed by atoms with E-state index >= 15 is 0 Å². The molecule has 0 aromatic carbocycles. The highest BCUT2D eigenvalue weighted by Gasteiger charge is 2.45. The van der Waals surface area contributed by atoms with Gasteiger partial charge in [0.1, 0.15) is 0 Å². The minimum absolute atomic E-state index is 0.00188. The van der Waals surface area contributed by atoms with Crippen molar-refractivity contribution < 1.29 is 9.90 Å². The van der Waals surface area contributed by atoms with Gasteiger partial charge >= 0.3 is 0 Å². The monoisotopic (exact) mass is 212 g/mol. The van der Waals surface area contributed by atoms with Crippen molar-refractivity contribution in [3.8, 4) is 0 Å². The molecule has 15 heavy (non-hydrogen) atoms. The SMILES string of the molecule is NC1(C(=O)NCC2(CCO)CC2)CCC1. The number of carbonyl (C=O) groups is 1. The van der Waals surface area contributed by atoms with Crippen molar-refractivity contribution in [2.75, 3.05) is 13.2 Å². The zero-order chi connectivity index (χ0) is 10.9. The standard InChI is InChI=1S/C11H20N2O2/c12-11(2-1-3-11)9(15)13-8-10(4-5-10)6-7-14/h14H,1-8,12H2,(H,13,15). The van der Waals surface area contributed by atoms with Crippen molar-refractivity contribution in [3.63, 3.8) is 0 Å². The number of nitrogens with two attached hydrogens (primary N) is 1. The van der Waals surface area contributed by atoms with E-state index in [2.05, 4.69) is 5.32 Å². The summed E-state index contributed by atoms with van der Waals surface area (Å²) in [6.07, 6.45) is 5.71. The van der Waals surface area contributed by atoms with Crippen molar-refractivity contribution >= 4 is 5.91 Å². The van der Waals surface area contributed by atoms with E-state index in [1.807, 2.05) is 0 Å². The topological polar surface area (TPSA) is 75.4 Å². The number of aliphatic hydroxyl groups is 1. The summed E-state index contributed by atoms with van der Waals surface area (Å²) in [5, 5.41) is 11.8. The number of nitrogens with one attached hydrogen (secondary N) is 1. The molecule has 0 aliphatic heterocycles. The molecular formula is C11H20N2O2. The third-order valence-electron chi connectivity index (χ3n) is 3.92. The lowest BCUT2D eigenvalue weighted by Gasteiger charge is -2.36. The number of hydrogen-bond acceptors (Lipinski definition) is 3. The molecule has 2 saturated carbocycles. The molecule has 0 atom stereocenters. The number of carbonyl (C=O) groups excluding carboxylic acids is 1. The Hall–Kier alpha value is -0.610. The van der Waals surface area contributed by atoms with E-state index in [1.165, 1.54) is 0 Å². The van der Waals surface area contributed by atoms with Crippen LogP contribution in [0.1, 0.15) is 38.5 Å². The van der Waals surface area contributed by atoms with Gasteiger partial charge in [0.25, 0.3) is 0 Å². The summed E-state index contributed by atoms with van der Waals surface area (Å²) in [5.41, 5.74) is 5.51. The zero-order valence-corrected chi connectivity index (χ0v) is 9.09. The quantitative estimate of drug-likeness (QED) is 0.607. The molecule has 0 unspecified atom stereocenters. The Kier molecular flexibility index (Phi) is 2.73. The van der Waals surface area contributed by atoms with E-state index in [0.717, 1.165) is 38.5 Å². The van der Waals surface area contributed by atoms with Crippen LogP contribution in [0.3, 0.4) is 0 Å². The Bertz CT molecular complexity index is 257. The second-order valence-corrected chi connectivity index (χ2v) is 5.17. The fraction of sp³-hybridized carbons (Fsp3) is 0.909. The van der Waals surface area contributed by atoms with Crippen LogP contribution in [0.2, 0.25) is 0 Å². The van der Waals surface area contributed by atoms with Gasteiger partial charge in [0, 0.05) is 13.2 Å². The zero-order valence-electron chi connectivity index (χ0n) is 9.09. The third-order valence-corrected chi connectivity index (χ3v) is 3.92. The van der Waals surface area contributed by atoms with Gasteiger partial charge in [0.05, 0.1) is 5.54 Å². The Morgan fingerprint density at radius 1 is 1.33 bits per heavy atom. The van der Waals surface area contributed by atoms with Gasteiger partial charge in [-0.05, 0) is 43.9 Å². The third kappa shape index (κ3) is 2.16. The summed E-state index contributed by atoms with van der Waals surface area (Å²) < 4.78 is 0. The second-order valence-electron chi connectivity index (χ2n) is 5.17. The average Bonchev–Trinajstić information content (AvgIpc) is 2.92. The first-order chi connectivity index (χ1) is 7.10. The van der Waals surface area contributed by atoms with Crippen LogP contribution >= 0.6 is 0 Å². The molecule has 0 bridgehead atoms. The maximum Gasteiger partial charge on any atom is 0.240 e. The molecule has 2 rings (SSSR count). The lowest BCUT2D eigenvalue weighted by Crippen LogP contribution is -2.59. The second kappa shape index (κ2) is 3.76. The number of rotatable bonds is 5. The lowest BCUT2D eigenvalue weighted by molar-refractivity contribution is -0.129. The number of hydrogen-bond donors (Lipinski definition) is 3. The van der Waals surface area contributed by atoms with Crippen molar-refractivity contribution in [2.45, 2.75) is 44.1 Å². The lowest BCUT2D eigenvalue weighted by atomic mass is 9.77. The number of aliphatic hydroxyl groups excluding tert-OH is 1. The first kappa shape index (κ1) is 10.9. The summed E-state index contributed by atoms with van der Waals surface area (Å²) >= 11 is 0. The van der Waals surface area contributed by atoms with Crippen molar-refractivity contribution in [1.82, 2.24) is 5.32 Å². The summed E-state index contributed by atoms with van der Waals surface area (Å²) in [4.78, 5) is 11.7. The van der Waals surface area contributed by atoms with Gasteiger partial charge in [-0.15, -0.1) is 0 Å². The van der Waals surface area contributed by atoms with Crippen LogP contribution in [-0.4, -0.2) is 29.7 Å². The van der Waals surface area contributed by atoms with E-state index in [4.69, 9.17) is 10.8 Å². The first-order valence-electron chi connectivity index (χ1n) is 5.78. The molecule has 2 aliphatic rings. The molecule has 2 aliphatic carbocycles. The van der Waals surface area contributed by atoms with Crippen LogP contribution in [0.5, 0.6) is 0 Å². The molecule has 0 spiro atoms. The van der Waals surface area contributed by atoms with Gasteiger partial charge in [-0.1, -0.05) is 0 Å². The van der Waals surface area contributed by atoms with E-state index in [9.17, 15) is 4.79 Å². The van der Waals surface area contributed by atoms with Gasteiger partial charge in [-0.2, -0.15) is 0 Å². The highest BCUT2D eigenvalue weighted by Crippen LogP contribution is 2.48. The molecule has 4 nitrogen and oxygen atoms in total. The molecule has 0 aromatic heterocycles. The van der Waals surface area contributed by atoms with Crippen molar-refractivity contribution in [3.05, 3.63) is 0 Å². The Balaban J connectivity index is 1.76. The van der Waals surface area contributed by atoms with Gasteiger partial charge in [0.15, 0.2) is 0 Å². The number of amides is 1. The van der Waals surface area contributed by atoms with E-state index in [-0.39, 0.29) is 17.9 Å². The van der Waals surface area contributed by atoms with Crippen molar-refractivity contribution in [2.24, 2.45) is 11.1 Å². The minimum atomic E-state index is -0.588. The molecule has 4 heteroatoms. The average molecular weight is 212 g/mol. The Labute approximate surface area is 90.2 Å². The summed E-state index contributed by atoms with van der Waals surface area (Å²) in [6, 6.07) is 0. The summed E-state index contributed by atoms with van der Waals surface area (Å²) in [5.74, 6) is -0.00188. The molecule has 0 saturated heterocycles. The summed E-state index contributed by atoms with van der Waals surface area (Å²) in [7, 11) is 0. The first-order valence-corrected chi connectivity index (χ1v) is 5.78. The largest absolute Gasteiger partial charge is 0.396 e. The fourth-order valence-electron chi connectivity index (χ4n) is 2.16. The maximum atomic E-state index is 11.7. The fourth-order valence-corrected chi connectivity index (χ4v) is 2.16. The van der Waals surface area contributed by atoms with Gasteiger partial charge in [-0.25, -0.2) is 0 Å². The van der Waals surface area contributed by atoms with Crippen LogP contribution in [0, 0.1) is 5.41 Å². The Morgan fingerprint density at radius 3 is 2.40 bits per heavy atom. The van der Waals surface area contributed by atoms with Crippen molar-refractivity contribution in [1.29, 1.82) is 0 Å². The molecule has 2 fully saturated rings. The maximum absolute atomic E-state index is 11.7. The smallest absolute Gasteiger partial charge is 0.240 e. The molecule has 1 amide bonds. The van der Waals surface area contributed by atoms with Crippen LogP contribution in [0.25, 0.3) is 0 Å².